The molecule has 0 spiro atoms. The number of nitrogens with two attached hydrogens (primary N) is 1. The van der Waals surface area contributed by atoms with Crippen LogP contribution in [0.4, 0.5) is 0 Å². The molecule has 0 aromatic rings. The summed E-state index contributed by atoms with van der Waals surface area (Å²) in [7, 11) is 0. The van der Waals surface area contributed by atoms with Gasteiger partial charge in [-0.15, -0.1) is 6.58 Å². The van der Waals surface area contributed by atoms with E-state index in [1.165, 1.54) is 89.9 Å². The Hall–Kier alpha value is -1.46. The van der Waals surface area contributed by atoms with E-state index in [1.807, 2.05) is 19.2 Å². The smallest absolute Gasteiger partial charge is 0.360 e. The number of allylic oxidation sites excluding steroid dienone is 1. The molecule has 0 saturated heterocycles. The first-order valence-corrected chi connectivity index (χ1v) is 12.2. The van der Waals surface area contributed by atoms with Gasteiger partial charge in [0.1, 0.15) is 12.4 Å². The highest BCUT2D eigenvalue weighted by Crippen LogP contribution is 2.23. The molecule has 5 heteroatoms. The zero-order valence-corrected chi connectivity index (χ0v) is 19.4. The molecule has 1 aliphatic rings. The van der Waals surface area contributed by atoms with E-state index in [-0.39, 0.29) is 17.2 Å². The first kappa shape index (κ1) is 26.6. The Bertz CT molecular complexity index is 543. The minimum Gasteiger partial charge on any atom is -0.477 e. The van der Waals surface area contributed by atoms with Gasteiger partial charge in [0.2, 0.25) is 5.84 Å². The Morgan fingerprint density at radius 1 is 1.00 bits per heavy atom. The third-order valence-corrected chi connectivity index (χ3v) is 6.22. The number of carboxylic acids is 1. The van der Waals surface area contributed by atoms with Crippen LogP contribution >= 0.6 is 0 Å². The lowest BCUT2D eigenvalue weighted by molar-refractivity contribution is -0.805. The summed E-state index contributed by atoms with van der Waals surface area (Å²) >= 11 is 0. The van der Waals surface area contributed by atoms with E-state index in [9.17, 15) is 9.90 Å². The fourth-order valence-electron chi connectivity index (χ4n) is 4.28. The molecule has 2 atom stereocenters. The molecule has 0 aromatic heterocycles. The maximum Gasteiger partial charge on any atom is 0.360 e. The van der Waals surface area contributed by atoms with Crippen LogP contribution in [0.1, 0.15) is 110 Å². The second-order valence-electron chi connectivity index (χ2n) is 8.84. The molecule has 0 radical (unpaired) electrons. The van der Waals surface area contributed by atoms with Gasteiger partial charge in [-0.1, -0.05) is 83.1 Å². The van der Waals surface area contributed by atoms with Crippen molar-refractivity contribution in [2.75, 3.05) is 6.54 Å². The summed E-state index contributed by atoms with van der Waals surface area (Å²) < 4.78 is 0.171. The third-order valence-electron chi connectivity index (χ3n) is 6.22. The van der Waals surface area contributed by atoms with Crippen molar-refractivity contribution in [1.82, 2.24) is 0 Å². The SMILES string of the molecule is C=CCCCCCCCCCCCCCCCCC1=NC=C[N+]1(CC(=O)O)C(C)N. The minimum atomic E-state index is -0.838. The van der Waals surface area contributed by atoms with Crippen LogP contribution in [-0.2, 0) is 4.79 Å². The summed E-state index contributed by atoms with van der Waals surface area (Å²) in [5, 5.41) is 9.26. The van der Waals surface area contributed by atoms with E-state index in [0.29, 0.717) is 0 Å². The predicted octanol–water partition coefficient (Wildman–Crippen LogP) is 6.50. The molecule has 2 unspecified atom stereocenters. The number of hydrogen-bond acceptors (Lipinski definition) is 3. The number of aliphatic imine (C=N–C) groups is 1. The molecule has 1 heterocycles. The van der Waals surface area contributed by atoms with Gasteiger partial charge < -0.3 is 5.11 Å². The van der Waals surface area contributed by atoms with Gasteiger partial charge in [-0.2, -0.15) is 0 Å². The van der Waals surface area contributed by atoms with E-state index >= 15 is 0 Å². The molecular weight excluding hydrogens is 374 g/mol. The Morgan fingerprint density at radius 3 is 1.90 bits per heavy atom. The van der Waals surface area contributed by atoms with Crippen molar-refractivity contribution in [2.45, 2.75) is 116 Å². The first-order valence-electron chi connectivity index (χ1n) is 12.2. The highest BCUT2D eigenvalue weighted by atomic mass is 16.4. The fraction of sp³-hybridized carbons (Fsp3) is 0.760. The molecule has 0 bridgehead atoms. The molecule has 172 valence electrons. The van der Waals surface area contributed by atoms with Crippen LogP contribution in [0.25, 0.3) is 0 Å². The number of carboxylic acid groups (broad SMARTS) is 1. The molecule has 1 aliphatic heterocycles. The summed E-state index contributed by atoms with van der Waals surface area (Å²) in [6.45, 7) is 5.60. The van der Waals surface area contributed by atoms with Gasteiger partial charge in [0.15, 0.2) is 6.54 Å². The van der Waals surface area contributed by atoms with Crippen molar-refractivity contribution in [2.24, 2.45) is 10.7 Å². The van der Waals surface area contributed by atoms with Crippen LogP contribution in [0.3, 0.4) is 0 Å². The second-order valence-corrected chi connectivity index (χ2v) is 8.84. The monoisotopic (exact) mass is 420 g/mol. The van der Waals surface area contributed by atoms with Crippen LogP contribution in [-0.4, -0.2) is 34.1 Å². The molecule has 0 saturated carbocycles. The number of amidine groups is 1. The van der Waals surface area contributed by atoms with E-state index in [1.54, 1.807) is 6.20 Å². The number of nitrogens with zero attached hydrogens (tertiary/aromatic N) is 2. The fourth-order valence-corrected chi connectivity index (χ4v) is 4.28. The Morgan fingerprint density at radius 2 is 1.47 bits per heavy atom. The zero-order chi connectivity index (χ0) is 22.1. The molecule has 0 fully saturated rings. The summed E-state index contributed by atoms with van der Waals surface area (Å²) in [6, 6.07) is 0. The Labute approximate surface area is 184 Å². The first-order chi connectivity index (χ1) is 14.5. The van der Waals surface area contributed by atoms with Crippen molar-refractivity contribution in [3.05, 3.63) is 25.1 Å². The Balaban J connectivity index is 1.97. The molecule has 5 nitrogen and oxygen atoms in total. The van der Waals surface area contributed by atoms with Crippen LogP contribution in [0.5, 0.6) is 0 Å². The van der Waals surface area contributed by atoms with Crippen molar-refractivity contribution in [3.63, 3.8) is 0 Å². The zero-order valence-electron chi connectivity index (χ0n) is 19.4. The summed E-state index contributed by atoms with van der Waals surface area (Å²) in [4.78, 5) is 15.7. The normalized spacial score (nSPS) is 19.1. The maximum absolute atomic E-state index is 11.3. The molecule has 3 N–H and O–H groups in total. The van der Waals surface area contributed by atoms with Crippen molar-refractivity contribution in [1.29, 1.82) is 0 Å². The topological polar surface area (TPSA) is 75.7 Å². The number of aliphatic carboxylic acids is 1. The van der Waals surface area contributed by atoms with Crippen LogP contribution in [0.2, 0.25) is 0 Å². The van der Waals surface area contributed by atoms with E-state index in [0.717, 1.165) is 18.7 Å². The number of unbranched alkanes of at least 4 members (excludes halogenated alkanes) is 14. The molecule has 0 aliphatic carbocycles. The lowest BCUT2D eigenvalue weighted by Crippen LogP contribution is -2.59. The maximum atomic E-state index is 11.3. The van der Waals surface area contributed by atoms with Gasteiger partial charge in [-0.05, 0) is 19.3 Å². The average molecular weight is 421 g/mol. The number of quaternary nitrogens is 1. The van der Waals surface area contributed by atoms with Gasteiger partial charge >= 0.3 is 5.97 Å². The van der Waals surface area contributed by atoms with Gasteiger partial charge in [-0.25, -0.2) is 14.3 Å². The van der Waals surface area contributed by atoms with Gasteiger partial charge in [0, 0.05) is 13.3 Å². The highest BCUT2D eigenvalue weighted by molar-refractivity contribution is 5.81. The average Bonchev–Trinajstić information content (AvgIpc) is 3.10. The van der Waals surface area contributed by atoms with Gasteiger partial charge in [0.25, 0.3) is 0 Å². The third kappa shape index (κ3) is 10.5. The van der Waals surface area contributed by atoms with Crippen LogP contribution < -0.4 is 5.73 Å². The molecule has 0 aromatic carbocycles. The summed E-state index contributed by atoms with van der Waals surface area (Å²) in [6.07, 6.45) is 25.8. The highest BCUT2D eigenvalue weighted by Gasteiger charge is 2.40. The van der Waals surface area contributed by atoms with E-state index in [2.05, 4.69) is 11.6 Å². The molecule has 0 amide bonds. The standard InChI is InChI=1S/C25H45N3O2/c1-3-4-5-6-7-8-9-10-11-12-13-14-15-16-17-18-19-24-27-20-21-28(24,23(2)26)22-25(29)30/h3,20-21,23H,1,4-19,22,26H2,2H3/p+1. The van der Waals surface area contributed by atoms with E-state index in [4.69, 9.17) is 5.73 Å². The van der Waals surface area contributed by atoms with Crippen molar-refractivity contribution < 1.29 is 14.4 Å². The molecular formula is C25H46N3O2+. The number of rotatable bonds is 20. The largest absolute Gasteiger partial charge is 0.477 e. The second kappa shape index (κ2) is 16.3. The summed E-state index contributed by atoms with van der Waals surface area (Å²) in [5.41, 5.74) is 6.11. The molecule has 30 heavy (non-hydrogen) atoms. The predicted molar refractivity (Wildman–Crippen MR) is 127 cm³/mol. The van der Waals surface area contributed by atoms with Crippen molar-refractivity contribution >= 4 is 11.8 Å². The Kier molecular flexibility index (Phi) is 14.4. The van der Waals surface area contributed by atoms with Crippen LogP contribution in [0.15, 0.2) is 30.0 Å². The van der Waals surface area contributed by atoms with Gasteiger partial charge in [-0.3, -0.25) is 5.73 Å². The minimum absolute atomic E-state index is 0.0255. The number of hydrogen-bond donors (Lipinski definition) is 2. The number of carbonyl (C=O) groups is 1. The quantitative estimate of drug-likeness (QED) is 0.134. The van der Waals surface area contributed by atoms with Gasteiger partial charge in [0.05, 0.1) is 6.20 Å². The van der Waals surface area contributed by atoms with Crippen molar-refractivity contribution in [3.8, 4) is 0 Å². The van der Waals surface area contributed by atoms with E-state index < -0.39 is 5.97 Å². The van der Waals surface area contributed by atoms with Crippen LogP contribution in [0, 0.1) is 0 Å². The lowest BCUT2D eigenvalue weighted by Gasteiger charge is -2.34. The molecule has 1 rings (SSSR count). The summed E-state index contributed by atoms with van der Waals surface area (Å²) in [5.74, 6) is 0.0585. The lowest BCUT2D eigenvalue weighted by atomic mass is 10.0.